The molecule has 0 unspecified atom stereocenters. The van der Waals surface area contributed by atoms with Gasteiger partial charge >= 0.3 is 5.97 Å². The van der Waals surface area contributed by atoms with Crippen LogP contribution in [0.1, 0.15) is 16.8 Å². The number of nitrogens with two attached hydrogens (primary N) is 1. The summed E-state index contributed by atoms with van der Waals surface area (Å²) in [6.07, 6.45) is 2.15. The lowest BCUT2D eigenvalue weighted by Gasteiger charge is -2.12. The smallest absolute Gasteiger partial charge is 0.322 e. The van der Waals surface area contributed by atoms with Crippen molar-refractivity contribution in [2.45, 2.75) is 26.3 Å². The van der Waals surface area contributed by atoms with Crippen LogP contribution in [0.4, 0.5) is 0 Å². The Balaban J connectivity index is 0.00000264. The van der Waals surface area contributed by atoms with E-state index in [1.807, 2.05) is 44.2 Å². The molecule has 7 heteroatoms. The molecule has 0 amide bonds. The number of halogens is 2. The number of hydrogen-bond acceptors (Lipinski definition) is 5. The summed E-state index contributed by atoms with van der Waals surface area (Å²) >= 11 is 0. The molecule has 0 saturated carbocycles. The zero-order chi connectivity index (χ0) is 16.1. The first kappa shape index (κ1) is 22.2. The minimum absolute atomic E-state index is 0. The number of esters is 1. The normalized spacial score (nSPS) is 10.8. The van der Waals surface area contributed by atoms with E-state index in [9.17, 15) is 4.79 Å². The first-order valence-corrected chi connectivity index (χ1v) is 7.03. The standard InChI is InChI=1S/C17H20N2O3.2ClH/c1-11-12(2)19-9-8-16(11)22-14-6-4-13(5-7-14)10-15(18)17(20)21-3;;/h4-9,15H,10,18H2,1-3H3;2*1H/t15-;;/m0../s1. The van der Waals surface area contributed by atoms with Gasteiger partial charge in [-0.15, -0.1) is 24.8 Å². The second-order valence-corrected chi connectivity index (χ2v) is 5.10. The average Bonchev–Trinajstić information content (AvgIpc) is 2.52. The number of ether oxygens (including phenoxy) is 2. The molecule has 1 atom stereocenters. The summed E-state index contributed by atoms with van der Waals surface area (Å²) in [5.41, 5.74) is 8.65. The maximum absolute atomic E-state index is 11.3. The largest absolute Gasteiger partial charge is 0.468 e. The number of benzene rings is 1. The van der Waals surface area contributed by atoms with Gasteiger partial charge in [0.25, 0.3) is 0 Å². The van der Waals surface area contributed by atoms with Gasteiger partial charge in [0.05, 0.1) is 7.11 Å². The van der Waals surface area contributed by atoms with Crippen molar-refractivity contribution in [2.24, 2.45) is 5.73 Å². The Morgan fingerprint density at radius 1 is 1.17 bits per heavy atom. The fourth-order valence-electron chi connectivity index (χ4n) is 2.04. The van der Waals surface area contributed by atoms with Crippen LogP contribution in [0.25, 0.3) is 0 Å². The van der Waals surface area contributed by atoms with E-state index in [2.05, 4.69) is 9.72 Å². The Labute approximate surface area is 154 Å². The lowest BCUT2D eigenvalue weighted by molar-refractivity contribution is -0.142. The van der Waals surface area contributed by atoms with Crippen LogP contribution in [-0.4, -0.2) is 24.1 Å². The summed E-state index contributed by atoms with van der Waals surface area (Å²) in [5.74, 6) is 1.10. The van der Waals surface area contributed by atoms with Gasteiger partial charge in [-0.2, -0.15) is 0 Å². The summed E-state index contributed by atoms with van der Waals surface area (Å²) in [4.78, 5) is 15.5. The molecule has 2 aromatic rings. The van der Waals surface area contributed by atoms with Crippen molar-refractivity contribution in [3.63, 3.8) is 0 Å². The number of methoxy groups -OCH3 is 1. The molecule has 0 saturated heterocycles. The van der Waals surface area contributed by atoms with Crippen molar-refractivity contribution in [1.82, 2.24) is 4.98 Å². The van der Waals surface area contributed by atoms with E-state index < -0.39 is 12.0 Å². The highest BCUT2D eigenvalue weighted by atomic mass is 35.5. The van der Waals surface area contributed by atoms with E-state index in [1.165, 1.54) is 7.11 Å². The van der Waals surface area contributed by atoms with Gasteiger partial charge in [-0.1, -0.05) is 12.1 Å². The van der Waals surface area contributed by atoms with Crippen LogP contribution in [-0.2, 0) is 16.0 Å². The molecule has 5 nitrogen and oxygen atoms in total. The van der Waals surface area contributed by atoms with Crippen LogP contribution in [0.15, 0.2) is 36.5 Å². The summed E-state index contributed by atoms with van der Waals surface area (Å²) < 4.78 is 10.5. The van der Waals surface area contributed by atoms with Crippen molar-refractivity contribution in [1.29, 1.82) is 0 Å². The van der Waals surface area contributed by atoms with Gasteiger partial charge in [0, 0.05) is 17.5 Å². The number of aromatic nitrogens is 1. The number of pyridine rings is 1. The van der Waals surface area contributed by atoms with E-state index in [-0.39, 0.29) is 24.8 Å². The minimum atomic E-state index is -0.651. The Bertz CT molecular complexity index is 663. The zero-order valence-corrected chi connectivity index (χ0v) is 15.4. The maximum Gasteiger partial charge on any atom is 0.322 e. The molecule has 2 N–H and O–H groups in total. The van der Waals surface area contributed by atoms with Crippen molar-refractivity contribution >= 4 is 30.8 Å². The number of hydrogen-bond donors (Lipinski definition) is 1. The monoisotopic (exact) mass is 372 g/mol. The lowest BCUT2D eigenvalue weighted by Crippen LogP contribution is -2.33. The fourth-order valence-corrected chi connectivity index (χ4v) is 2.04. The first-order valence-electron chi connectivity index (χ1n) is 7.03. The number of rotatable bonds is 5. The van der Waals surface area contributed by atoms with Gasteiger partial charge in [-0.25, -0.2) is 0 Å². The van der Waals surface area contributed by atoms with E-state index in [0.29, 0.717) is 6.42 Å². The third kappa shape index (κ3) is 5.67. The van der Waals surface area contributed by atoms with Crippen LogP contribution < -0.4 is 10.5 Å². The molecule has 0 aliphatic rings. The predicted octanol–water partition coefficient (Wildman–Crippen LogP) is 3.38. The van der Waals surface area contributed by atoms with Crippen molar-refractivity contribution in [3.8, 4) is 11.5 Å². The van der Waals surface area contributed by atoms with Gasteiger partial charge in [-0.05, 0) is 44.0 Å². The summed E-state index contributed by atoms with van der Waals surface area (Å²) in [6, 6.07) is 8.68. The summed E-state index contributed by atoms with van der Waals surface area (Å²) in [5, 5.41) is 0. The van der Waals surface area contributed by atoms with Gasteiger partial charge in [0.1, 0.15) is 17.5 Å². The molecule has 2 rings (SSSR count). The lowest BCUT2D eigenvalue weighted by atomic mass is 10.1. The fraction of sp³-hybridized carbons (Fsp3) is 0.294. The molecule has 1 aromatic carbocycles. The Morgan fingerprint density at radius 2 is 1.79 bits per heavy atom. The first-order chi connectivity index (χ1) is 10.5. The summed E-state index contributed by atoms with van der Waals surface area (Å²) in [6.45, 7) is 3.92. The SMILES string of the molecule is COC(=O)[C@@H](N)Cc1ccc(Oc2ccnc(C)c2C)cc1.Cl.Cl. The topological polar surface area (TPSA) is 74.4 Å². The minimum Gasteiger partial charge on any atom is -0.468 e. The molecule has 24 heavy (non-hydrogen) atoms. The Kier molecular flexibility index (Phi) is 9.36. The van der Waals surface area contributed by atoms with E-state index in [0.717, 1.165) is 28.3 Å². The maximum atomic E-state index is 11.3. The highest BCUT2D eigenvalue weighted by molar-refractivity contribution is 5.85. The van der Waals surface area contributed by atoms with Gasteiger partial charge in [0.2, 0.25) is 0 Å². The van der Waals surface area contributed by atoms with Crippen LogP contribution >= 0.6 is 24.8 Å². The van der Waals surface area contributed by atoms with Crippen LogP contribution in [0, 0.1) is 13.8 Å². The quantitative estimate of drug-likeness (QED) is 0.814. The Hall–Kier alpha value is -1.82. The van der Waals surface area contributed by atoms with Crippen LogP contribution in [0.3, 0.4) is 0 Å². The predicted molar refractivity (Wildman–Crippen MR) is 98.4 cm³/mol. The third-order valence-electron chi connectivity index (χ3n) is 3.52. The van der Waals surface area contributed by atoms with E-state index in [4.69, 9.17) is 10.5 Å². The molecular weight excluding hydrogens is 351 g/mol. The molecule has 0 aliphatic carbocycles. The summed E-state index contributed by atoms with van der Waals surface area (Å²) in [7, 11) is 1.33. The molecule has 132 valence electrons. The second kappa shape index (κ2) is 10.1. The van der Waals surface area contributed by atoms with E-state index in [1.54, 1.807) is 6.20 Å². The van der Waals surface area contributed by atoms with Crippen molar-refractivity contribution in [3.05, 3.63) is 53.3 Å². The van der Waals surface area contributed by atoms with Gasteiger partial charge in [-0.3, -0.25) is 9.78 Å². The molecule has 0 fully saturated rings. The molecular formula is C17H22Cl2N2O3. The number of nitrogens with zero attached hydrogens (tertiary/aromatic N) is 1. The van der Waals surface area contributed by atoms with E-state index >= 15 is 0 Å². The van der Waals surface area contributed by atoms with Crippen LogP contribution in [0.2, 0.25) is 0 Å². The van der Waals surface area contributed by atoms with Crippen molar-refractivity contribution < 1.29 is 14.3 Å². The highest BCUT2D eigenvalue weighted by Gasteiger charge is 2.14. The highest BCUT2D eigenvalue weighted by Crippen LogP contribution is 2.26. The zero-order valence-electron chi connectivity index (χ0n) is 13.8. The molecule has 0 bridgehead atoms. The molecule has 0 spiro atoms. The molecule has 0 radical (unpaired) electrons. The molecule has 0 aliphatic heterocycles. The van der Waals surface area contributed by atoms with Gasteiger partial charge in [0.15, 0.2) is 0 Å². The van der Waals surface area contributed by atoms with Gasteiger partial charge < -0.3 is 15.2 Å². The number of carbonyl (C=O) groups excluding carboxylic acids is 1. The van der Waals surface area contributed by atoms with Crippen LogP contribution in [0.5, 0.6) is 11.5 Å². The Morgan fingerprint density at radius 3 is 2.38 bits per heavy atom. The molecule has 1 aromatic heterocycles. The second-order valence-electron chi connectivity index (χ2n) is 5.10. The molecule has 1 heterocycles. The number of carbonyl (C=O) groups is 1. The number of aryl methyl sites for hydroxylation is 1. The average molecular weight is 373 g/mol. The third-order valence-corrected chi connectivity index (χ3v) is 3.52. The van der Waals surface area contributed by atoms with Crippen molar-refractivity contribution in [2.75, 3.05) is 7.11 Å².